The van der Waals surface area contributed by atoms with Gasteiger partial charge in [0.05, 0.1) is 6.54 Å². The molecule has 0 atom stereocenters. The molecule has 3 nitrogen and oxygen atoms in total. The predicted octanol–water partition coefficient (Wildman–Crippen LogP) is 2.28. The third kappa shape index (κ3) is 10.4. The van der Waals surface area contributed by atoms with Crippen LogP contribution in [0.4, 0.5) is 13.2 Å². The van der Waals surface area contributed by atoms with Crippen LogP contribution in [0.15, 0.2) is 0 Å². The lowest BCUT2D eigenvalue weighted by Gasteiger charge is -2.25. The highest BCUT2D eigenvalue weighted by Gasteiger charge is 2.28. The van der Waals surface area contributed by atoms with Gasteiger partial charge in [-0.15, -0.1) is 0 Å². The van der Waals surface area contributed by atoms with Crippen molar-refractivity contribution < 1.29 is 18.0 Å². The second-order valence-electron chi connectivity index (χ2n) is 5.37. The van der Waals surface area contributed by atoms with Crippen molar-refractivity contribution in [3.63, 3.8) is 0 Å². The number of alkyl halides is 3. The van der Waals surface area contributed by atoms with Crippen LogP contribution in [0, 0.1) is 11.8 Å². The maximum absolute atomic E-state index is 11.9. The Bertz CT molecular complexity index is 242. The van der Waals surface area contributed by atoms with E-state index in [4.69, 9.17) is 0 Å². The normalized spacial score (nSPS) is 12.6. The van der Waals surface area contributed by atoms with Gasteiger partial charge in [-0.25, -0.2) is 0 Å². The van der Waals surface area contributed by atoms with Gasteiger partial charge in [0.2, 0.25) is 5.91 Å². The zero-order valence-corrected chi connectivity index (χ0v) is 11.5. The molecule has 0 saturated carbocycles. The Kier molecular flexibility index (Phi) is 7.28. The van der Waals surface area contributed by atoms with E-state index in [0.29, 0.717) is 24.9 Å². The van der Waals surface area contributed by atoms with Crippen molar-refractivity contribution in [1.29, 1.82) is 0 Å². The first-order chi connectivity index (χ1) is 8.10. The summed E-state index contributed by atoms with van der Waals surface area (Å²) in [5.74, 6) is 0.173. The molecule has 0 rings (SSSR count). The minimum absolute atomic E-state index is 0.0203. The van der Waals surface area contributed by atoms with Crippen LogP contribution < -0.4 is 5.32 Å². The van der Waals surface area contributed by atoms with E-state index in [0.717, 1.165) is 0 Å². The predicted molar refractivity (Wildman–Crippen MR) is 65.2 cm³/mol. The fraction of sp³-hybridized carbons (Fsp3) is 0.917. The Balaban J connectivity index is 4.17. The Morgan fingerprint density at radius 2 is 1.56 bits per heavy atom. The molecular weight excluding hydrogens is 245 g/mol. The Morgan fingerprint density at radius 3 is 1.89 bits per heavy atom. The van der Waals surface area contributed by atoms with Crippen LogP contribution in [0.3, 0.4) is 0 Å². The molecule has 0 fully saturated rings. The number of amides is 1. The van der Waals surface area contributed by atoms with Gasteiger partial charge in [-0.2, -0.15) is 13.2 Å². The minimum atomic E-state index is -4.35. The van der Waals surface area contributed by atoms with Crippen molar-refractivity contribution in [1.82, 2.24) is 10.2 Å². The highest BCUT2D eigenvalue weighted by Crippen LogP contribution is 2.12. The average molecular weight is 268 g/mol. The molecule has 18 heavy (non-hydrogen) atoms. The lowest BCUT2D eigenvalue weighted by Crippen LogP contribution is -2.43. The molecule has 0 heterocycles. The van der Waals surface area contributed by atoms with Gasteiger partial charge in [0.1, 0.15) is 6.54 Å². The van der Waals surface area contributed by atoms with Gasteiger partial charge in [0.25, 0.3) is 0 Å². The van der Waals surface area contributed by atoms with Crippen LogP contribution in [0.2, 0.25) is 0 Å². The van der Waals surface area contributed by atoms with Crippen molar-refractivity contribution in [3.05, 3.63) is 0 Å². The van der Waals surface area contributed by atoms with Crippen LogP contribution in [0.5, 0.6) is 0 Å². The van der Waals surface area contributed by atoms with Crippen molar-refractivity contribution in [2.24, 2.45) is 11.8 Å². The second kappa shape index (κ2) is 7.61. The van der Waals surface area contributed by atoms with E-state index in [9.17, 15) is 18.0 Å². The number of nitrogens with one attached hydrogen (secondary N) is 1. The van der Waals surface area contributed by atoms with Gasteiger partial charge in [-0.1, -0.05) is 27.7 Å². The molecule has 0 radical (unpaired) electrons. The number of carbonyl (C=O) groups is 1. The molecule has 0 aliphatic heterocycles. The van der Waals surface area contributed by atoms with Crippen molar-refractivity contribution in [2.75, 3.05) is 26.2 Å². The quantitative estimate of drug-likeness (QED) is 0.768. The smallest absolute Gasteiger partial charge is 0.346 e. The maximum Gasteiger partial charge on any atom is 0.405 e. The largest absolute Gasteiger partial charge is 0.405 e. The van der Waals surface area contributed by atoms with Crippen molar-refractivity contribution in [3.8, 4) is 0 Å². The van der Waals surface area contributed by atoms with E-state index in [2.05, 4.69) is 0 Å². The number of hydrogen-bond donors (Lipinski definition) is 1. The lowest BCUT2D eigenvalue weighted by atomic mass is 10.1. The molecule has 0 aliphatic carbocycles. The summed E-state index contributed by atoms with van der Waals surface area (Å²) >= 11 is 0. The molecule has 0 aromatic carbocycles. The topological polar surface area (TPSA) is 32.3 Å². The van der Waals surface area contributed by atoms with Crippen molar-refractivity contribution in [2.45, 2.75) is 33.9 Å². The van der Waals surface area contributed by atoms with Crippen molar-refractivity contribution >= 4 is 5.91 Å². The fourth-order valence-electron chi connectivity index (χ4n) is 1.69. The SMILES string of the molecule is CC(C)CN(CC(=O)NCC(F)(F)F)CC(C)C. The third-order valence-electron chi connectivity index (χ3n) is 2.10. The molecule has 0 saturated heterocycles. The number of carbonyl (C=O) groups excluding carboxylic acids is 1. The third-order valence-corrected chi connectivity index (χ3v) is 2.10. The first kappa shape index (κ1) is 17.2. The zero-order valence-electron chi connectivity index (χ0n) is 11.5. The van der Waals surface area contributed by atoms with Crippen LogP contribution in [0.25, 0.3) is 0 Å². The summed E-state index contributed by atoms with van der Waals surface area (Å²) in [7, 11) is 0. The first-order valence-electron chi connectivity index (χ1n) is 6.16. The monoisotopic (exact) mass is 268 g/mol. The summed E-state index contributed by atoms with van der Waals surface area (Å²) in [6.45, 7) is 8.23. The average Bonchev–Trinajstić information content (AvgIpc) is 2.11. The summed E-state index contributed by atoms with van der Waals surface area (Å²) in [6, 6.07) is 0. The van der Waals surface area contributed by atoms with Crippen LogP contribution >= 0.6 is 0 Å². The minimum Gasteiger partial charge on any atom is -0.346 e. The van der Waals surface area contributed by atoms with Gasteiger partial charge < -0.3 is 5.32 Å². The summed E-state index contributed by atoms with van der Waals surface area (Å²) in [4.78, 5) is 13.3. The molecule has 0 aromatic rings. The number of nitrogens with zero attached hydrogens (tertiary/aromatic N) is 1. The van der Waals surface area contributed by atoms with Crippen LogP contribution in [-0.2, 0) is 4.79 Å². The molecule has 0 aromatic heterocycles. The van der Waals surface area contributed by atoms with Gasteiger partial charge in [0.15, 0.2) is 0 Å². The first-order valence-corrected chi connectivity index (χ1v) is 6.16. The van der Waals surface area contributed by atoms with Gasteiger partial charge in [0, 0.05) is 13.1 Å². The molecule has 0 spiro atoms. The van der Waals surface area contributed by atoms with E-state index >= 15 is 0 Å². The molecule has 108 valence electrons. The number of hydrogen-bond acceptors (Lipinski definition) is 2. The van der Waals surface area contributed by atoms with Gasteiger partial charge in [-0.05, 0) is 11.8 Å². The Hall–Kier alpha value is -0.780. The molecule has 0 bridgehead atoms. The van der Waals surface area contributed by atoms with E-state index in [-0.39, 0.29) is 6.54 Å². The van der Waals surface area contributed by atoms with E-state index in [1.54, 1.807) is 0 Å². The van der Waals surface area contributed by atoms with Crippen LogP contribution in [0.1, 0.15) is 27.7 Å². The molecular formula is C12H23F3N2O. The summed E-state index contributed by atoms with van der Waals surface area (Å²) in [5, 5.41) is 1.89. The maximum atomic E-state index is 11.9. The Morgan fingerprint density at radius 1 is 1.11 bits per heavy atom. The summed E-state index contributed by atoms with van der Waals surface area (Å²) in [6.07, 6.45) is -4.35. The van der Waals surface area contributed by atoms with Gasteiger partial charge in [-0.3, -0.25) is 9.69 Å². The van der Waals surface area contributed by atoms with Crippen LogP contribution in [-0.4, -0.2) is 43.2 Å². The zero-order chi connectivity index (χ0) is 14.3. The highest BCUT2D eigenvalue weighted by atomic mass is 19.4. The van der Waals surface area contributed by atoms with E-state index < -0.39 is 18.6 Å². The highest BCUT2D eigenvalue weighted by molar-refractivity contribution is 5.78. The fourth-order valence-corrected chi connectivity index (χ4v) is 1.69. The van der Waals surface area contributed by atoms with Gasteiger partial charge >= 0.3 is 6.18 Å². The summed E-state index contributed by atoms with van der Waals surface area (Å²) < 4.78 is 35.8. The number of halogens is 3. The van der Waals surface area contributed by atoms with E-state index in [1.165, 1.54) is 0 Å². The molecule has 1 amide bonds. The Labute approximate surface area is 107 Å². The molecule has 1 N–H and O–H groups in total. The molecule has 6 heteroatoms. The van der Waals surface area contributed by atoms with E-state index in [1.807, 2.05) is 37.9 Å². The molecule has 0 unspecified atom stereocenters. The second-order valence-corrected chi connectivity index (χ2v) is 5.37. The molecule has 0 aliphatic rings. The lowest BCUT2D eigenvalue weighted by molar-refractivity contribution is -0.139. The standard InChI is InChI=1S/C12H23F3N2O/c1-9(2)5-17(6-10(3)4)7-11(18)16-8-12(13,14)15/h9-10H,5-8H2,1-4H3,(H,16,18). The number of rotatable bonds is 7. The summed E-state index contributed by atoms with van der Waals surface area (Å²) in [5.41, 5.74) is 0.